The molecule has 0 spiro atoms. The van der Waals surface area contributed by atoms with Crippen molar-refractivity contribution in [1.29, 1.82) is 0 Å². The fourth-order valence-electron chi connectivity index (χ4n) is 8.31. The number of fused-ring (bicyclic) bond motifs is 5. The van der Waals surface area contributed by atoms with Gasteiger partial charge in [0.2, 0.25) is 0 Å². The first-order valence-electron chi connectivity index (χ1n) is 12.1. The normalized spacial score (nSPS) is 44.7. The number of carbonyl (C=O) groups is 2. The zero-order valence-electron chi connectivity index (χ0n) is 18.9. The standard InChI is InChI=1S/C26H40O3/c1-17(5-10-24(28)29-4)21-8-9-22-20-7-6-19-15-18(16-27)11-13-25(19,2)23(20)12-14-26(21,22)3/h12,16-22H,5-11,13-15H2,1-4H3/t17-,18-,19-,20?,21?,22?,25+,26-/m1/s1. The van der Waals surface area contributed by atoms with Crippen LogP contribution in [0.4, 0.5) is 0 Å². The Kier molecular flexibility index (Phi) is 5.72. The maximum absolute atomic E-state index is 11.6. The van der Waals surface area contributed by atoms with Crippen LogP contribution in [0.2, 0.25) is 0 Å². The maximum Gasteiger partial charge on any atom is 0.305 e. The molecule has 29 heavy (non-hydrogen) atoms. The van der Waals surface area contributed by atoms with Gasteiger partial charge < -0.3 is 9.53 Å². The summed E-state index contributed by atoms with van der Waals surface area (Å²) in [7, 11) is 1.49. The molecule has 0 N–H and O–H groups in total. The Morgan fingerprint density at radius 1 is 1.24 bits per heavy atom. The molecule has 0 saturated heterocycles. The zero-order chi connectivity index (χ0) is 20.8. The molecule has 3 fully saturated rings. The van der Waals surface area contributed by atoms with Crippen LogP contribution in [0.25, 0.3) is 0 Å². The van der Waals surface area contributed by atoms with Crippen molar-refractivity contribution in [2.45, 2.75) is 85.0 Å². The minimum absolute atomic E-state index is 0.0699. The number of carbonyl (C=O) groups excluding carboxylic acids is 2. The summed E-state index contributed by atoms with van der Waals surface area (Å²) in [5, 5.41) is 0. The van der Waals surface area contributed by atoms with E-state index < -0.39 is 0 Å². The van der Waals surface area contributed by atoms with Crippen LogP contribution in [0.1, 0.15) is 85.0 Å². The first-order chi connectivity index (χ1) is 13.8. The molecule has 0 aliphatic heterocycles. The third kappa shape index (κ3) is 3.41. The van der Waals surface area contributed by atoms with Crippen LogP contribution in [0.5, 0.6) is 0 Å². The first kappa shape index (κ1) is 21.1. The van der Waals surface area contributed by atoms with Crippen molar-refractivity contribution < 1.29 is 14.3 Å². The van der Waals surface area contributed by atoms with Gasteiger partial charge >= 0.3 is 5.97 Å². The van der Waals surface area contributed by atoms with Crippen molar-refractivity contribution in [2.75, 3.05) is 7.11 Å². The van der Waals surface area contributed by atoms with Crippen molar-refractivity contribution in [3.8, 4) is 0 Å². The Morgan fingerprint density at radius 3 is 2.76 bits per heavy atom. The van der Waals surface area contributed by atoms with E-state index in [0.717, 1.165) is 31.1 Å². The van der Waals surface area contributed by atoms with Gasteiger partial charge in [0, 0.05) is 12.3 Å². The predicted molar refractivity (Wildman–Crippen MR) is 115 cm³/mol. The van der Waals surface area contributed by atoms with Gasteiger partial charge in [-0.25, -0.2) is 0 Å². The number of aldehydes is 1. The summed E-state index contributed by atoms with van der Waals surface area (Å²) in [6, 6.07) is 0. The zero-order valence-corrected chi connectivity index (χ0v) is 18.9. The Labute approximate surface area is 177 Å². The summed E-state index contributed by atoms with van der Waals surface area (Å²) in [5.74, 6) is 3.77. The third-order valence-corrected chi connectivity index (χ3v) is 10.0. The SMILES string of the molecule is COC(=O)CC[C@@H](C)C1CCC2C3CC[C@@H]4C[C@H](C=O)CC[C@]4(C)C3=CC[C@@]21C. The Morgan fingerprint density at radius 2 is 2.03 bits per heavy atom. The van der Waals surface area contributed by atoms with Gasteiger partial charge in [-0.3, -0.25) is 4.79 Å². The summed E-state index contributed by atoms with van der Waals surface area (Å²) in [6.45, 7) is 7.43. The molecule has 0 aromatic carbocycles. The number of ether oxygens (including phenoxy) is 1. The van der Waals surface area contributed by atoms with Crippen molar-refractivity contribution >= 4 is 12.3 Å². The molecule has 0 aromatic rings. The van der Waals surface area contributed by atoms with Gasteiger partial charge in [0.1, 0.15) is 6.29 Å². The van der Waals surface area contributed by atoms with Crippen molar-refractivity contribution in [2.24, 2.45) is 46.3 Å². The monoisotopic (exact) mass is 400 g/mol. The molecule has 3 saturated carbocycles. The minimum atomic E-state index is -0.0699. The summed E-state index contributed by atoms with van der Waals surface area (Å²) in [5.41, 5.74) is 2.48. The van der Waals surface area contributed by atoms with Crippen LogP contribution >= 0.6 is 0 Å². The largest absolute Gasteiger partial charge is 0.469 e. The molecular formula is C26H40O3. The van der Waals surface area contributed by atoms with Crippen LogP contribution in [0.15, 0.2) is 11.6 Å². The van der Waals surface area contributed by atoms with E-state index >= 15 is 0 Å². The van der Waals surface area contributed by atoms with E-state index in [4.69, 9.17) is 4.74 Å². The van der Waals surface area contributed by atoms with Gasteiger partial charge in [0.15, 0.2) is 0 Å². The van der Waals surface area contributed by atoms with Gasteiger partial charge in [0.25, 0.3) is 0 Å². The van der Waals surface area contributed by atoms with Gasteiger partial charge in [0.05, 0.1) is 7.11 Å². The number of hydrogen-bond donors (Lipinski definition) is 0. The molecule has 4 rings (SSSR count). The molecule has 3 unspecified atom stereocenters. The highest BCUT2D eigenvalue weighted by Gasteiger charge is 2.57. The average Bonchev–Trinajstić information content (AvgIpc) is 3.08. The number of methoxy groups -OCH3 is 1. The second kappa shape index (κ2) is 7.85. The molecule has 3 heteroatoms. The lowest BCUT2D eigenvalue weighted by Gasteiger charge is -2.57. The maximum atomic E-state index is 11.6. The van der Waals surface area contributed by atoms with Gasteiger partial charge in [-0.1, -0.05) is 32.4 Å². The summed E-state index contributed by atoms with van der Waals surface area (Å²) < 4.78 is 4.87. The second-order valence-electron chi connectivity index (χ2n) is 11.2. The lowest BCUT2D eigenvalue weighted by Crippen LogP contribution is -2.48. The summed E-state index contributed by atoms with van der Waals surface area (Å²) in [4.78, 5) is 23.0. The molecule has 4 aliphatic rings. The average molecular weight is 401 g/mol. The Balaban J connectivity index is 1.53. The minimum Gasteiger partial charge on any atom is -0.469 e. The van der Waals surface area contributed by atoms with Crippen LogP contribution in [-0.2, 0) is 14.3 Å². The second-order valence-corrected chi connectivity index (χ2v) is 11.2. The van der Waals surface area contributed by atoms with Crippen LogP contribution in [-0.4, -0.2) is 19.4 Å². The van der Waals surface area contributed by atoms with Gasteiger partial charge in [-0.2, -0.15) is 0 Å². The van der Waals surface area contributed by atoms with Gasteiger partial charge in [-0.05, 0) is 98.2 Å². The highest BCUT2D eigenvalue weighted by molar-refractivity contribution is 5.69. The predicted octanol–water partition coefficient (Wildman–Crippen LogP) is 5.97. The first-order valence-corrected chi connectivity index (χ1v) is 12.1. The van der Waals surface area contributed by atoms with Crippen LogP contribution in [0, 0.1) is 46.3 Å². The third-order valence-electron chi connectivity index (χ3n) is 10.0. The molecule has 4 aliphatic carbocycles. The Hall–Kier alpha value is -1.12. The highest BCUT2D eigenvalue weighted by atomic mass is 16.5. The van der Waals surface area contributed by atoms with E-state index in [1.165, 1.54) is 51.9 Å². The molecule has 8 atom stereocenters. The molecule has 3 nitrogen and oxygen atoms in total. The Bertz CT molecular complexity index is 681. The number of esters is 1. The lowest BCUT2D eigenvalue weighted by molar-refractivity contribution is -0.141. The number of rotatable bonds is 5. The van der Waals surface area contributed by atoms with Crippen molar-refractivity contribution in [3.63, 3.8) is 0 Å². The fraction of sp³-hybridized carbons (Fsp3) is 0.846. The van der Waals surface area contributed by atoms with E-state index in [-0.39, 0.29) is 5.97 Å². The summed E-state index contributed by atoms with van der Waals surface area (Å²) in [6.07, 6.45) is 15.3. The molecule has 0 bridgehead atoms. The van der Waals surface area contributed by atoms with Crippen molar-refractivity contribution in [1.82, 2.24) is 0 Å². The molecular weight excluding hydrogens is 360 g/mol. The highest BCUT2D eigenvalue weighted by Crippen LogP contribution is 2.66. The van der Waals surface area contributed by atoms with E-state index in [1.54, 1.807) is 5.57 Å². The summed E-state index contributed by atoms with van der Waals surface area (Å²) >= 11 is 0. The van der Waals surface area contributed by atoms with E-state index in [1.807, 2.05) is 0 Å². The quantitative estimate of drug-likeness (QED) is 0.324. The molecule has 162 valence electrons. The van der Waals surface area contributed by atoms with Crippen LogP contribution in [0.3, 0.4) is 0 Å². The number of hydrogen-bond acceptors (Lipinski definition) is 3. The van der Waals surface area contributed by atoms with E-state index in [0.29, 0.717) is 40.9 Å². The lowest BCUT2D eigenvalue weighted by atomic mass is 9.48. The molecule has 0 amide bonds. The topological polar surface area (TPSA) is 43.4 Å². The smallest absolute Gasteiger partial charge is 0.305 e. The van der Waals surface area contributed by atoms with Gasteiger partial charge in [-0.15, -0.1) is 0 Å². The van der Waals surface area contributed by atoms with Crippen molar-refractivity contribution in [3.05, 3.63) is 11.6 Å². The fourth-order valence-corrected chi connectivity index (χ4v) is 8.31. The molecule has 0 aromatic heterocycles. The van der Waals surface area contributed by atoms with E-state index in [2.05, 4.69) is 26.8 Å². The van der Waals surface area contributed by atoms with Crippen LogP contribution < -0.4 is 0 Å². The molecule has 0 heterocycles. The van der Waals surface area contributed by atoms with E-state index in [9.17, 15) is 9.59 Å². The number of allylic oxidation sites excluding steroid dienone is 2. The molecule has 0 radical (unpaired) electrons.